The van der Waals surface area contributed by atoms with E-state index in [1.54, 1.807) is 0 Å². The zero-order valence-corrected chi connectivity index (χ0v) is 13.5. The Bertz CT molecular complexity index is 528. The van der Waals surface area contributed by atoms with Gasteiger partial charge in [-0.2, -0.15) is 0 Å². The molecule has 1 saturated heterocycles. The molecule has 1 fully saturated rings. The number of benzene rings is 1. The molecule has 22 heavy (non-hydrogen) atoms. The highest BCUT2D eigenvalue weighted by atomic mass is 16.6. The molecular weight excluding hydrogens is 280 g/mol. The Morgan fingerprint density at radius 2 is 2.05 bits per heavy atom. The van der Waals surface area contributed by atoms with Crippen LogP contribution in [0.5, 0.6) is 0 Å². The molecule has 1 heterocycles. The highest BCUT2D eigenvalue weighted by Crippen LogP contribution is 2.23. The molecule has 1 aromatic carbocycles. The number of hydrogen-bond donors (Lipinski definition) is 1. The van der Waals surface area contributed by atoms with Gasteiger partial charge >= 0.3 is 5.97 Å². The van der Waals surface area contributed by atoms with Crippen molar-refractivity contribution in [3.63, 3.8) is 0 Å². The average molecular weight is 304 g/mol. The first-order valence-electron chi connectivity index (χ1n) is 7.69. The van der Waals surface area contributed by atoms with Crippen LogP contribution >= 0.6 is 0 Å². The summed E-state index contributed by atoms with van der Waals surface area (Å²) in [4.78, 5) is 26.3. The summed E-state index contributed by atoms with van der Waals surface area (Å²) in [7, 11) is 0. The standard InChI is InChI=1S/C17H24N2O3/c1-4-19-12-17(2,3)22-16(21)14(19)10-15(20)18-11-13-8-6-5-7-9-13/h5-9,14H,4,10-12H2,1-3H3,(H,18,20). The van der Waals surface area contributed by atoms with E-state index in [2.05, 4.69) is 5.32 Å². The Kier molecular flexibility index (Phi) is 5.19. The van der Waals surface area contributed by atoms with E-state index in [1.165, 1.54) is 0 Å². The number of nitrogens with zero attached hydrogens (tertiary/aromatic N) is 1. The van der Waals surface area contributed by atoms with E-state index in [1.807, 2.05) is 56.0 Å². The van der Waals surface area contributed by atoms with Gasteiger partial charge in [0, 0.05) is 13.1 Å². The summed E-state index contributed by atoms with van der Waals surface area (Å²) < 4.78 is 5.42. The zero-order valence-electron chi connectivity index (χ0n) is 13.5. The van der Waals surface area contributed by atoms with Crippen molar-refractivity contribution in [3.05, 3.63) is 35.9 Å². The Hall–Kier alpha value is -1.88. The number of rotatable bonds is 5. The number of ether oxygens (including phenoxy) is 1. The number of esters is 1. The van der Waals surface area contributed by atoms with Gasteiger partial charge in [-0.15, -0.1) is 0 Å². The van der Waals surface area contributed by atoms with Crippen molar-refractivity contribution >= 4 is 11.9 Å². The summed E-state index contributed by atoms with van der Waals surface area (Å²) in [6.07, 6.45) is 0.135. The van der Waals surface area contributed by atoms with Crippen LogP contribution in [-0.4, -0.2) is 41.5 Å². The van der Waals surface area contributed by atoms with Crippen molar-refractivity contribution in [1.29, 1.82) is 0 Å². The maximum Gasteiger partial charge on any atom is 0.324 e. The first-order chi connectivity index (χ1) is 10.4. The molecule has 0 aliphatic carbocycles. The minimum Gasteiger partial charge on any atom is -0.457 e. The quantitative estimate of drug-likeness (QED) is 0.842. The van der Waals surface area contributed by atoms with E-state index in [0.717, 1.165) is 12.1 Å². The summed E-state index contributed by atoms with van der Waals surface area (Å²) in [6, 6.07) is 9.21. The Morgan fingerprint density at radius 1 is 1.36 bits per heavy atom. The fraction of sp³-hybridized carbons (Fsp3) is 0.529. The van der Waals surface area contributed by atoms with Gasteiger partial charge in [0.05, 0.1) is 6.42 Å². The third-order valence-electron chi connectivity index (χ3n) is 3.79. The Balaban J connectivity index is 1.91. The number of morpholine rings is 1. The molecule has 1 unspecified atom stereocenters. The molecule has 0 saturated carbocycles. The molecule has 2 rings (SSSR count). The largest absolute Gasteiger partial charge is 0.457 e. The van der Waals surface area contributed by atoms with E-state index in [9.17, 15) is 9.59 Å². The fourth-order valence-corrected chi connectivity index (χ4v) is 2.71. The highest BCUT2D eigenvalue weighted by molar-refractivity contribution is 5.85. The van der Waals surface area contributed by atoms with Gasteiger partial charge in [0.1, 0.15) is 11.6 Å². The van der Waals surface area contributed by atoms with Crippen molar-refractivity contribution in [1.82, 2.24) is 10.2 Å². The number of cyclic esters (lactones) is 1. The van der Waals surface area contributed by atoms with Gasteiger partial charge in [0.25, 0.3) is 0 Å². The van der Waals surface area contributed by atoms with E-state index in [4.69, 9.17) is 4.74 Å². The third kappa shape index (κ3) is 4.31. The molecule has 120 valence electrons. The number of hydrogen-bond acceptors (Lipinski definition) is 4. The van der Waals surface area contributed by atoms with Crippen molar-refractivity contribution in [3.8, 4) is 0 Å². The first kappa shape index (κ1) is 16.5. The topological polar surface area (TPSA) is 58.6 Å². The van der Waals surface area contributed by atoms with Crippen molar-refractivity contribution in [2.24, 2.45) is 0 Å². The first-order valence-corrected chi connectivity index (χ1v) is 7.69. The van der Waals surface area contributed by atoms with Gasteiger partial charge in [-0.05, 0) is 26.0 Å². The lowest BCUT2D eigenvalue weighted by Crippen LogP contribution is -2.57. The average Bonchev–Trinajstić information content (AvgIpc) is 2.48. The summed E-state index contributed by atoms with van der Waals surface area (Å²) in [5, 5.41) is 2.86. The lowest BCUT2D eigenvalue weighted by molar-refractivity contribution is -0.178. The third-order valence-corrected chi connectivity index (χ3v) is 3.79. The second-order valence-electron chi connectivity index (χ2n) is 6.23. The predicted molar refractivity (Wildman–Crippen MR) is 84.1 cm³/mol. The number of carbonyl (C=O) groups excluding carboxylic acids is 2. The molecule has 5 nitrogen and oxygen atoms in total. The van der Waals surface area contributed by atoms with Crippen LogP contribution in [0.2, 0.25) is 0 Å². The molecule has 1 aliphatic rings. The van der Waals surface area contributed by atoms with Crippen LogP contribution in [0.3, 0.4) is 0 Å². The maximum absolute atomic E-state index is 12.1. The summed E-state index contributed by atoms with van der Waals surface area (Å²) in [6.45, 7) is 7.60. The molecule has 0 aromatic heterocycles. The van der Waals surface area contributed by atoms with Crippen LogP contribution < -0.4 is 5.32 Å². The van der Waals surface area contributed by atoms with E-state index < -0.39 is 11.6 Å². The molecule has 5 heteroatoms. The molecule has 1 amide bonds. The molecule has 1 aromatic rings. The molecule has 1 atom stereocenters. The number of carbonyl (C=O) groups is 2. The molecular formula is C17H24N2O3. The molecule has 0 bridgehead atoms. The van der Waals surface area contributed by atoms with E-state index in [-0.39, 0.29) is 18.3 Å². The number of nitrogens with one attached hydrogen (secondary N) is 1. The SMILES string of the molecule is CCN1CC(C)(C)OC(=O)C1CC(=O)NCc1ccccc1. The zero-order chi connectivity index (χ0) is 16.2. The Labute approximate surface area is 131 Å². The van der Waals surface area contributed by atoms with Gasteiger partial charge in [0.2, 0.25) is 5.91 Å². The van der Waals surface area contributed by atoms with Crippen LogP contribution in [0.1, 0.15) is 32.8 Å². The fourth-order valence-electron chi connectivity index (χ4n) is 2.71. The minimum absolute atomic E-state index is 0.135. The van der Waals surface area contributed by atoms with Gasteiger partial charge in [-0.3, -0.25) is 14.5 Å². The van der Waals surface area contributed by atoms with Crippen molar-refractivity contribution < 1.29 is 14.3 Å². The van der Waals surface area contributed by atoms with E-state index >= 15 is 0 Å². The van der Waals surface area contributed by atoms with Crippen LogP contribution in [0, 0.1) is 0 Å². The summed E-state index contributed by atoms with van der Waals surface area (Å²) >= 11 is 0. The summed E-state index contributed by atoms with van der Waals surface area (Å²) in [5.41, 5.74) is 0.542. The van der Waals surface area contributed by atoms with Crippen molar-refractivity contribution in [2.45, 2.75) is 45.4 Å². The van der Waals surface area contributed by atoms with Crippen LogP contribution in [0.15, 0.2) is 30.3 Å². The molecule has 1 aliphatic heterocycles. The van der Waals surface area contributed by atoms with Crippen LogP contribution in [0.25, 0.3) is 0 Å². The van der Waals surface area contributed by atoms with Gasteiger partial charge in [-0.1, -0.05) is 37.3 Å². The lowest BCUT2D eigenvalue weighted by Gasteiger charge is -2.41. The maximum atomic E-state index is 12.1. The molecule has 0 radical (unpaired) electrons. The lowest BCUT2D eigenvalue weighted by atomic mass is 10.0. The van der Waals surface area contributed by atoms with Crippen LogP contribution in [-0.2, 0) is 20.9 Å². The second-order valence-corrected chi connectivity index (χ2v) is 6.23. The summed E-state index contributed by atoms with van der Waals surface area (Å²) in [5.74, 6) is -0.447. The Morgan fingerprint density at radius 3 is 2.68 bits per heavy atom. The van der Waals surface area contributed by atoms with Gasteiger partial charge in [-0.25, -0.2) is 0 Å². The van der Waals surface area contributed by atoms with Gasteiger partial charge < -0.3 is 10.1 Å². The number of likely N-dealkylation sites (N-methyl/N-ethyl adjacent to an activating group) is 1. The van der Waals surface area contributed by atoms with Crippen molar-refractivity contribution in [2.75, 3.05) is 13.1 Å². The molecule has 1 N–H and O–H groups in total. The van der Waals surface area contributed by atoms with Gasteiger partial charge in [0.15, 0.2) is 0 Å². The second kappa shape index (κ2) is 6.92. The predicted octanol–water partition coefficient (Wildman–Crippen LogP) is 1.72. The van der Waals surface area contributed by atoms with Crippen LogP contribution in [0.4, 0.5) is 0 Å². The monoisotopic (exact) mass is 304 g/mol. The number of amides is 1. The normalized spacial score (nSPS) is 21.2. The smallest absolute Gasteiger partial charge is 0.324 e. The van der Waals surface area contributed by atoms with E-state index in [0.29, 0.717) is 13.1 Å². The molecule has 0 spiro atoms. The highest BCUT2D eigenvalue weighted by Gasteiger charge is 2.40. The minimum atomic E-state index is -0.496.